The summed E-state index contributed by atoms with van der Waals surface area (Å²) in [5.41, 5.74) is 4.50. The van der Waals surface area contributed by atoms with Crippen LogP contribution in [0.25, 0.3) is 5.69 Å². The van der Waals surface area contributed by atoms with E-state index < -0.39 is 0 Å². The second-order valence-corrected chi connectivity index (χ2v) is 6.13. The molecule has 0 saturated heterocycles. The molecule has 1 fully saturated rings. The predicted octanol–water partition coefficient (Wildman–Crippen LogP) is 3.43. The van der Waals surface area contributed by atoms with Crippen molar-refractivity contribution in [3.05, 3.63) is 49.8 Å². The molecule has 1 heterocycles. The summed E-state index contributed by atoms with van der Waals surface area (Å²) < 4.78 is 4.50. The van der Waals surface area contributed by atoms with E-state index in [1.54, 1.807) is 4.68 Å². The van der Waals surface area contributed by atoms with Crippen molar-refractivity contribution in [2.24, 2.45) is 7.05 Å². The van der Waals surface area contributed by atoms with Gasteiger partial charge in [0, 0.05) is 13.0 Å². The molecule has 1 aliphatic rings. The third kappa shape index (κ3) is 1.89. The van der Waals surface area contributed by atoms with Crippen LogP contribution in [0, 0.1) is 13.8 Å². The van der Waals surface area contributed by atoms with Gasteiger partial charge in [0.05, 0.1) is 11.4 Å². The van der Waals surface area contributed by atoms with Crippen molar-refractivity contribution in [2.45, 2.75) is 32.6 Å². The van der Waals surface area contributed by atoms with E-state index in [4.69, 9.17) is 0 Å². The van der Waals surface area contributed by atoms with Crippen LogP contribution >= 0.6 is 15.9 Å². The van der Waals surface area contributed by atoms with Crippen LogP contribution in [0.2, 0.25) is 0 Å². The summed E-state index contributed by atoms with van der Waals surface area (Å²) in [4.78, 5) is 12.5. The minimum atomic E-state index is 0.0399. The third-order valence-corrected chi connectivity index (χ3v) is 4.77. The molecule has 0 spiro atoms. The zero-order chi connectivity index (χ0) is 13.7. The second kappa shape index (κ2) is 4.37. The summed E-state index contributed by atoms with van der Waals surface area (Å²) in [5.74, 6) is 0.540. The lowest BCUT2D eigenvalue weighted by Crippen LogP contribution is -2.21. The van der Waals surface area contributed by atoms with E-state index in [-0.39, 0.29) is 5.56 Å². The van der Waals surface area contributed by atoms with Crippen LogP contribution in [0.1, 0.15) is 35.6 Å². The Kier molecular flexibility index (Phi) is 2.93. The van der Waals surface area contributed by atoms with Crippen LogP contribution in [-0.4, -0.2) is 9.36 Å². The molecule has 3 rings (SSSR count). The number of hydrogen-bond acceptors (Lipinski definition) is 1. The van der Waals surface area contributed by atoms with E-state index in [2.05, 4.69) is 35.8 Å². The van der Waals surface area contributed by atoms with Gasteiger partial charge >= 0.3 is 0 Å². The molecular weight excluding hydrogens is 304 g/mol. The molecule has 100 valence electrons. The summed E-state index contributed by atoms with van der Waals surface area (Å²) in [6.07, 6.45) is 2.37. The van der Waals surface area contributed by atoms with E-state index in [0.29, 0.717) is 5.92 Å². The molecule has 4 heteroatoms. The van der Waals surface area contributed by atoms with Gasteiger partial charge in [0.1, 0.15) is 4.47 Å². The number of halogens is 1. The Balaban J connectivity index is 2.29. The highest BCUT2D eigenvalue weighted by atomic mass is 79.9. The Hall–Kier alpha value is -1.29. The molecule has 3 nitrogen and oxygen atoms in total. The van der Waals surface area contributed by atoms with Crippen molar-refractivity contribution >= 4 is 15.9 Å². The third-order valence-electron chi connectivity index (χ3n) is 4.02. The van der Waals surface area contributed by atoms with Crippen LogP contribution in [0.15, 0.2) is 27.5 Å². The predicted molar refractivity (Wildman–Crippen MR) is 80.2 cm³/mol. The van der Waals surface area contributed by atoms with Gasteiger partial charge in [-0.25, -0.2) is 4.68 Å². The lowest BCUT2D eigenvalue weighted by atomic mass is 10.1. The van der Waals surface area contributed by atoms with Crippen molar-refractivity contribution in [3.8, 4) is 5.69 Å². The molecule has 19 heavy (non-hydrogen) atoms. The van der Waals surface area contributed by atoms with Crippen LogP contribution < -0.4 is 5.56 Å². The van der Waals surface area contributed by atoms with E-state index in [9.17, 15) is 4.79 Å². The SMILES string of the molecule is Cc1cccc(-n2c(=O)c(Br)c(C3CC3)n2C)c1C. The number of rotatable bonds is 2. The summed E-state index contributed by atoms with van der Waals surface area (Å²) in [5, 5.41) is 0. The normalized spacial score (nSPS) is 14.9. The topological polar surface area (TPSA) is 26.9 Å². The van der Waals surface area contributed by atoms with E-state index >= 15 is 0 Å². The lowest BCUT2D eigenvalue weighted by Gasteiger charge is -2.13. The molecule has 0 unspecified atom stereocenters. The first kappa shape index (κ1) is 12.7. The first-order valence-electron chi connectivity index (χ1n) is 6.56. The Labute approximate surface area is 121 Å². The van der Waals surface area contributed by atoms with Crippen molar-refractivity contribution in [1.29, 1.82) is 0 Å². The number of aryl methyl sites for hydroxylation is 1. The number of nitrogens with zero attached hydrogens (tertiary/aromatic N) is 2. The molecular formula is C15H17BrN2O. The van der Waals surface area contributed by atoms with Gasteiger partial charge in [0.2, 0.25) is 0 Å². The maximum atomic E-state index is 12.5. The van der Waals surface area contributed by atoms with Crippen molar-refractivity contribution in [3.63, 3.8) is 0 Å². The zero-order valence-corrected chi connectivity index (χ0v) is 13.0. The Morgan fingerprint density at radius 3 is 2.58 bits per heavy atom. The van der Waals surface area contributed by atoms with Gasteiger partial charge < -0.3 is 0 Å². The maximum Gasteiger partial charge on any atom is 0.286 e. The second-order valence-electron chi connectivity index (χ2n) is 5.33. The highest BCUT2D eigenvalue weighted by Gasteiger charge is 2.32. The van der Waals surface area contributed by atoms with E-state index in [1.807, 2.05) is 23.9 Å². The minimum absolute atomic E-state index is 0.0399. The van der Waals surface area contributed by atoms with Crippen LogP contribution in [0.3, 0.4) is 0 Å². The molecule has 0 bridgehead atoms. The summed E-state index contributed by atoms with van der Waals surface area (Å²) in [6.45, 7) is 4.14. The number of benzene rings is 1. The fourth-order valence-electron chi connectivity index (χ4n) is 2.62. The molecule has 1 aliphatic carbocycles. The number of aromatic nitrogens is 2. The molecule has 0 atom stereocenters. The van der Waals surface area contributed by atoms with Crippen LogP contribution in [0.5, 0.6) is 0 Å². The highest BCUT2D eigenvalue weighted by molar-refractivity contribution is 9.10. The Morgan fingerprint density at radius 2 is 1.95 bits per heavy atom. The van der Waals surface area contributed by atoms with Crippen LogP contribution in [-0.2, 0) is 7.05 Å². The van der Waals surface area contributed by atoms with Gasteiger partial charge in [-0.3, -0.25) is 9.48 Å². The molecule has 1 saturated carbocycles. The monoisotopic (exact) mass is 320 g/mol. The maximum absolute atomic E-state index is 12.5. The molecule has 0 N–H and O–H groups in total. The van der Waals surface area contributed by atoms with Gasteiger partial charge in [0.15, 0.2) is 0 Å². The molecule has 0 aliphatic heterocycles. The smallest absolute Gasteiger partial charge is 0.284 e. The van der Waals surface area contributed by atoms with Crippen molar-refractivity contribution < 1.29 is 0 Å². The molecule has 0 amide bonds. The molecule has 2 aromatic rings. The fraction of sp³-hybridized carbons (Fsp3) is 0.400. The molecule has 0 radical (unpaired) electrons. The van der Waals surface area contributed by atoms with Gasteiger partial charge in [-0.1, -0.05) is 12.1 Å². The highest BCUT2D eigenvalue weighted by Crippen LogP contribution is 2.42. The average molecular weight is 321 g/mol. The van der Waals surface area contributed by atoms with E-state index in [1.165, 1.54) is 18.4 Å². The van der Waals surface area contributed by atoms with Gasteiger partial charge in [-0.2, -0.15) is 0 Å². The Morgan fingerprint density at radius 1 is 1.26 bits per heavy atom. The zero-order valence-electron chi connectivity index (χ0n) is 11.4. The summed E-state index contributed by atoms with van der Waals surface area (Å²) in [6, 6.07) is 6.08. The first-order valence-corrected chi connectivity index (χ1v) is 7.35. The van der Waals surface area contributed by atoms with Crippen LogP contribution in [0.4, 0.5) is 0 Å². The lowest BCUT2D eigenvalue weighted by molar-refractivity contribution is 0.613. The van der Waals surface area contributed by atoms with Crippen molar-refractivity contribution in [2.75, 3.05) is 0 Å². The van der Waals surface area contributed by atoms with E-state index in [0.717, 1.165) is 21.4 Å². The fourth-order valence-corrected chi connectivity index (χ4v) is 3.37. The largest absolute Gasteiger partial charge is 0.286 e. The van der Waals surface area contributed by atoms with Gasteiger partial charge in [-0.05, 0) is 59.8 Å². The summed E-state index contributed by atoms with van der Waals surface area (Å²) in [7, 11) is 1.97. The average Bonchev–Trinajstić information content (AvgIpc) is 3.16. The minimum Gasteiger partial charge on any atom is -0.284 e. The standard InChI is InChI=1S/C15H17BrN2O/c1-9-5-4-6-12(10(9)2)18-15(19)13(16)14(17(18)3)11-7-8-11/h4-6,11H,7-8H2,1-3H3. The first-order chi connectivity index (χ1) is 9.02. The van der Waals surface area contributed by atoms with Gasteiger partial charge in [-0.15, -0.1) is 0 Å². The number of hydrogen-bond donors (Lipinski definition) is 0. The molecule has 1 aromatic carbocycles. The molecule has 1 aromatic heterocycles. The quantitative estimate of drug-likeness (QED) is 0.832. The van der Waals surface area contributed by atoms with Gasteiger partial charge in [0.25, 0.3) is 5.56 Å². The van der Waals surface area contributed by atoms with Crippen molar-refractivity contribution in [1.82, 2.24) is 9.36 Å². The Bertz CT molecular complexity index is 708. The summed E-state index contributed by atoms with van der Waals surface area (Å²) >= 11 is 3.48.